The molecule has 1 aliphatic rings. The number of carboxylic acid groups (broad SMARTS) is 1. The molecule has 86 valence electrons. The molecule has 15 heavy (non-hydrogen) atoms. The second-order valence-electron chi connectivity index (χ2n) is 4.29. The van der Waals surface area contributed by atoms with Crippen molar-refractivity contribution in [1.29, 1.82) is 0 Å². The number of nitrogens with two attached hydrogens (primary N) is 1. The van der Waals surface area contributed by atoms with Gasteiger partial charge in [-0.25, -0.2) is 4.79 Å². The number of aliphatic carboxylic acids is 1. The van der Waals surface area contributed by atoms with Crippen LogP contribution in [0, 0.1) is 0 Å². The Morgan fingerprint density at radius 2 is 1.87 bits per heavy atom. The van der Waals surface area contributed by atoms with Gasteiger partial charge < -0.3 is 15.7 Å². The highest BCUT2D eigenvalue weighted by atomic mass is 16.4. The Balaban J connectivity index is 2.71. The summed E-state index contributed by atoms with van der Waals surface area (Å²) in [5.74, 6) is -1.26. The minimum Gasteiger partial charge on any atom is -0.480 e. The largest absolute Gasteiger partial charge is 0.480 e. The van der Waals surface area contributed by atoms with E-state index in [0.717, 1.165) is 12.8 Å². The molecule has 0 spiro atoms. The van der Waals surface area contributed by atoms with Gasteiger partial charge in [-0.2, -0.15) is 0 Å². The third-order valence-electron chi connectivity index (χ3n) is 3.18. The van der Waals surface area contributed by atoms with Crippen LogP contribution in [0.15, 0.2) is 0 Å². The molecule has 1 unspecified atom stereocenters. The quantitative estimate of drug-likeness (QED) is 0.702. The molecule has 0 aromatic carbocycles. The lowest BCUT2D eigenvalue weighted by atomic mass is 9.97. The van der Waals surface area contributed by atoms with Crippen molar-refractivity contribution in [3.8, 4) is 0 Å². The molecule has 1 rings (SSSR count). The Bertz CT molecular complexity index is 272. The monoisotopic (exact) mass is 214 g/mol. The Hall–Kier alpha value is -1.10. The van der Waals surface area contributed by atoms with Crippen molar-refractivity contribution in [2.75, 3.05) is 7.05 Å². The van der Waals surface area contributed by atoms with Crippen LogP contribution in [0.3, 0.4) is 0 Å². The van der Waals surface area contributed by atoms with Crippen LogP contribution in [0.25, 0.3) is 0 Å². The fourth-order valence-electron chi connectivity index (χ4n) is 1.91. The second-order valence-corrected chi connectivity index (χ2v) is 4.29. The molecule has 5 heteroatoms. The minimum atomic E-state index is -1.01. The summed E-state index contributed by atoms with van der Waals surface area (Å²) in [4.78, 5) is 23.9. The number of hydrogen-bond acceptors (Lipinski definition) is 3. The predicted molar refractivity (Wildman–Crippen MR) is 55.3 cm³/mol. The van der Waals surface area contributed by atoms with Gasteiger partial charge in [-0.15, -0.1) is 0 Å². The summed E-state index contributed by atoms with van der Waals surface area (Å²) in [5.41, 5.74) is 5.12. The van der Waals surface area contributed by atoms with E-state index in [1.165, 1.54) is 18.9 Å². The number of likely N-dealkylation sites (N-methyl/N-ethyl adjacent to an activating group) is 1. The van der Waals surface area contributed by atoms with Gasteiger partial charge in [0, 0.05) is 7.05 Å². The molecule has 3 N–H and O–H groups in total. The van der Waals surface area contributed by atoms with Crippen molar-refractivity contribution in [3.05, 3.63) is 0 Å². The number of hydrogen-bond donors (Lipinski definition) is 2. The fraction of sp³-hybridized carbons (Fsp3) is 0.800. The summed E-state index contributed by atoms with van der Waals surface area (Å²) >= 11 is 0. The predicted octanol–water partition coefficient (Wildman–Crippen LogP) is 0.189. The minimum absolute atomic E-state index is 0.255. The molecule has 5 nitrogen and oxygen atoms in total. The maximum absolute atomic E-state index is 12.0. The number of nitrogens with zero attached hydrogens (tertiary/aromatic N) is 1. The molecule has 0 heterocycles. The molecular formula is C10H18N2O3. The summed E-state index contributed by atoms with van der Waals surface area (Å²) < 4.78 is 0. The number of amides is 1. The van der Waals surface area contributed by atoms with E-state index in [2.05, 4.69) is 0 Å². The van der Waals surface area contributed by atoms with E-state index in [1.54, 1.807) is 0 Å². The summed E-state index contributed by atoms with van der Waals surface area (Å²) in [6.45, 7) is 1.48. The summed E-state index contributed by atoms with van der Waals surface area (Å²) in [6.07, 6.45) is 3.19. The lowest BCUT2D eigenvalue weighted by Crippen LogP contribution is -2.55. The van der Waals surface area contributed by atoms with Crippen molar-refractivity contribution >= 4 is 11.9 Å². The zero-order chi connectivity index (χ0) is 11.6. The molecule has 1 saturated carbocycles. The fourth-order valence-corrected chi connectivity index (χ4v) is 1.91. The maximum atomic E-state index is 12.0. The van der Waals surface area contributed by atoms with Gasteiger partial charge in [-0.05, 0) is 19.8 Å². The summed E-state index contributed by atoms with van der Waals surface area (Å²) in [6, 6.07) is -0.821. The van der Waals surface area contributed by atoms with Crippen LogP contribution in [-0.4, -0.2) is 40.5 Å². The zero-order valence-corrected chi connectivity index (χ0v) is 9.19. The van der Waals surface area contributed by atoms with E-state index in [0.29, 0.717) is 12.8 Å². The highest BCUT2D eigenvalue weighted by molar-refractivity contribution is 5.89. The Kier molecular flexibility index (Phi) is 3.34. The van der Waals surface area contributed by atoms with Gasteiger partial charge in [-0.3, -0.25) is 4.79 Å². The zero-order valence-electron chi connectivity index (χ0n) is 9.19. The van der Waals surface area contributed by atoms with Crippen LogP contribution in [0.1, 0.15) is 32.6 Å². The molecule has 1 amide bonds. The van der Waals surface area contributed by atoms with Gasteiger partial charge in [0.25, 0.3) is 0 Å². The Morgan fingerprint density at radius 3 is 2.27 bits per heavy atom. The van der Waals surface area contributed by atoms with Crippen LogP contribution in [0.5, 0.6) is 0 Å². The lowest BCUT2D eigenvalue weighted by molar-refractivity contribution is -0.150. The van der Waals surface area contributed by atoms with Gasteiger partial charge >= 0.3 is 5.97 Å². The Labute approximate surface area is 89.2 Å². The summed E-state index contributed by atoms with van der Waals surface area (Å²) in [5, 5.41) is 8.79. The first-order valence-corrected chi connectivity index (χ1v) is 5.17. The average molecular weight is 214 g/mol. The van der Waals surface area contributed by atoms with Gasteiger partial charge in [-0.1, -0.05) is 12.8 Å². The highest BCUT2D eigenvalue weighted by Crippen LogP contribution is 2.29. The van der Waals surface area contributed by atoms with Gasteiger partial charge in [0.15, 0.2) is 0 Å². The topological polar surface area (TPSA) is 83.6 Å². The molecule has 0 aromatic heterocycles. The molecule has 0 aromatic rings. The van der Waals surface area contributed by atoms with E-state index in [1.807, 2.05) is 0 Å². The Morgan fingerprint density at radius 1 is 1.40 bits per heavy atom. The van der Waals surface area contributed by atoms with Crippen molar-refractivity contribution in [3.63, 3.8) is 0 Å². The van der Waals surface area contributed by atoms with Crippen LogP contribution in [0.4, 0.5) is 0 Å². The maximum Gasteiger partial charge on any atom is 0.326 e. The van der Waals surface area contributed by atoms with Crippen molar-refractivity contribution in [2.24, 2.45) is 5.73 Å². The van der Waals surface area contributed by atoms with E-state index in [9.17, 15) is 9.59 Å². The molecule has 0 saturated heterocycles. The molecule has 0 bridgehead atoms. The standard InChI is InChI=1S/C10H18N2O3/c1-7(8(13)14)12(2)9(15)10(11)5-3-4-6-10/h7H,3-6,11H2,1-2H3,(H,13,14). The number of carbonyl (C=O) groups excluding carboxylic acids is 1. The lowest BCUT2D eigenvalue weighted by Gasteiger charge is -2.30. The highest BCUT2D eigenvalue weighted by Gasteiger charge is 2.40. The first-order chi connectivity index (χ1) is 6.88. The van der Waals surface area contributed by atoms with Crippen molar-refractivity contribution in [1.82, 2.24) is 4.90 Å². The molecule has 1 aliphatic carbocycles. The van der Waals surface area contributed by atoms with E-state index in [4.69, 9.17) is 10.8 Å². The first-order valence-electron chi connectivity index (χ1n) is 5.17. The third kappa shape index (κ3) is 2.28. The van der Waals surface area contributed by atoms with Crippen molar-refractivity contribution < 1.29 is 14.7 Å². The smallest absolute Gasteiger partial charge is 0.326 e. The first kappa shape index (κ1) is 12.0. The van der Waals surface area contributed by atoms with E-state index in [-0.39, 0.29) is 5.91 Å². The third-order valence-corrected chi connectivity index (χ3v) is 3.18. The second kappa shape index (κ2) is 4.18. The SMILES string of the molecule is CC(C(=O)O)N(C)C(=O)C1(N)CCCC1. The van der Waals surface area contributed by atoms with Crippen LogP contribution in [-0.2, 0) is 9.59 Å². The van der Waals surface area contributed by atoms with Gasteiger partial charge in [0.1, 0.15) is 6.04 Å². The van der Waals surface area contributed by atoms with Gasteiger partial charge in [0.05, 0.1) is 5.54 Å². The van der Waals surface area contributed by atoms with Crippen LogP contribution < -0.4 is 5.73 Å². The normalized spacial score (nSPS) is 21.0. The molecule has 0 aliphatic heterocycles. The number of carboxylic acids is 1. The van der Waals surface area contributed by atoms with Crippen molar-refractivity contribution in [2.45, 2.75) is 44.2 Å². The van der Waals surface area contributed by atoms with Gasteiger partial charge in [0.2, 0.25) is 5.91 Å². The molecule has 1 fully saturated rings. The molecular weight excluding hydrogens is 196 g/mol. The van der Waals surface area contributed by atoms with Crippen LogP contribution >= 0.6 is 0 Å². The van der Waals surface area contributed by atoms with Crippen LogP contribution in [0.2, 0.25) is 0 Å². The molecule has 1 atom stereocenters. The van der Waals surface area contributed by atoms with E-state index < -0.39 is 17.6 Å². The van der Waals surface area contributed by atoms with E-state index >= 15 is 0 Å². The summed E-state index contributed by atoms with van der Waals surface area (Å²) in [7, 11) is 1.49. The number of rotatable bonds is 3. The molecule has 0 radical (unpaired) electrons. The number of carbonyl (C=O) groups is 2. The average Bonchev–Trinajstić information content (AvgIpc) is 2.62.